The molecule has 2 aromatic heterocycles. The lowest BCUT2D eigenvalue weighted by molar-refractivity contribution is -0.139. The fourth-order valence-corrected chi connectivity index (χ4v) is 7.08. The molecule has 2 aliphatic rings. The zero-order valence-corrected chi connectivity index (χ0v) is 20.7. The number of hydrogen-bond donors (Lipinski definition) is 1. The predicted octanol–water partition coefficient (Wildman–Crippen LogP) is 2.33. The smallest absolute Gasteiger partial charge is 0.248 e. The van der Waals surface area contributed by atoms with Crippen LogP contribution in [0.1, 0.15) is 42.8 Å². The van der Waals surface area contributed by atoms with Crippen molar-refractivity contribution in [3.05, 3.63) is 22.5 Å². The van der Waals surface area contributed by atoms with Crippen molar-refractivity contribution in [2.75, 3.05) is 31.5 Å². The molecule has 0 aliphatic carbocycles. The molecule has 2 fully saturated rings. The summed E-state index contributed by atoms with van der Waals surface area (Å²) in [5.41, 5.74) is 1.20. The number of amides is 2. The number of carbonyl (C=O) groups excluding carboxylic acids is 2. The van der Waals surface area contributed by atoms with E-state index in [2.05, 4.69) is 15.5 Å². The Kier molecular flexibility index (Phi) is 6.87. The molecule has 2 amide bonds. The Balaban J connectivity index is 1.34. The van der Waals surface area contributed by atoms with Crippen LogP contribution in [0, 0.1) is 32.6 Å². The molecule has 2 aliphatic heterocycles. The first-order valence-corrected chi connectivity index (χ1v) is 13.4. The second kappa shape index (κ2) is 9.51. The largest absolute Gasteiger partial charge is 0.360 e. The summed E-state index contributed by atoms with van der Waals surface area (Å²) in [6.45, 7) is 6.55. The maximum atomic E-state index is 13.2. The standard InChI is InChI=1S/C21H29N5O5S2/c1-13-12-32-21(22-13)23-19(27)16-6-9-25(10-7-16)20(28)17-5-4-8-26(11-17)33(29,30)18-14(2)24-31-15(18)3/h12,16-17H,4-11H2,1-3H3,(H,22,23,27). The quantitative estimate of drug-likeness (QED) is 0.675. The van der Waals surface area contributed by atoms with Crippen molar-refractivity contribution >= 4 is 38.3 Å². The minimum absolute atomic E-state index is 0.0388. The monoisotopic (exact) mass is 495 g/mol. The number of thiazole rings is 1. The van der Waals surface area contributed by atoms with Gasteiger partial charge in [-0.2, -0.15) is 4.31 Å². The molecule has 12 heteroatoms. The number of aromatic nitrogens is 2. The third-order valence-electron chi connectivity index (χ3n) is 6.33. The van der Waals surface area contributed by atoms with Gasteiger partial charge in [-0.1, -0.05) is 5.16 Å². The fourth-order valence-electron chi connectivity index (χ4n) is 4.57. The maximum absolute atomic E-state index is 13.2. The molecular weight excluding hydrogens is 466 g/mol. The number of hydrogen-bond acceptors (Lipinski definition) is 8. The number of sulfonamides is 1. The van der Waals surface area contributed by atoms with Gasteiger partial charge in [-0.05, 0) is 46.5 Å². The van der Waals surface area contributed by atoms with Crippen LogP contribution in [0.4, 0.5) is 5.13 Å². The van der Waals surface area contributed by atoms with E-state index in [9.17, 15) is 18.0 Å². The Hall–Kier alpha value is -2.31. The van der Waals surface area contributed by atoms with Crippen molar-refractivity contribution in [2.24, 2.45) is 11.8 Å². The average molecular weight is 496 g/mol. The summed E-state index contributed by atoms with van der Waals surface area (Å²) in [6.07, 6.45) is 2.42. The number of carbonyl (C=O) groups is 2. The lowest BCUT2D eigenvalue weighted by Crippen LogP contribution is -2.49. The number of piperidine rings is 2. The Labute approximate surface area is 197 Å². The van der Waals surface area contributed by atoms with Crippen molar-refractivity contribution in [3.8, 4) is 0 Å². The highest BCUT2D eigenvalue weighted by atomic mass is 32.2. The third-order valence-corrected chi connectivity index (χ3v) is 9.31. The summed E-state index contributed by atoms with van der Waals surface area (Å²) in [4.78, 5) is 31.9. The first-order valence-electron chi connectivity index (χ1n) is 11.1. The van der Waals surface area contributed by atoms with E-state index in [1.807, 2.05) is 12.3 Å². The Morgan fingerprint density at radius 3 is 2.45 bits per heavy atom. The fraction of sp³-hybridized carbons (Fsp3) is 0.619. The number of rotatable bonds is 5. The minimum Gasteiger partial charge on any atom is -0.360 e. The van der Waals surface area contributed by atoms with Crippen molar-refractivity contribution < 1.29 is 22.5 Å². The zero-order valence-electron chi connectivity index (χ0n) is 19.0. The molecule has 10 nitrogen and oxygen atoms in total. The van der Waals surface area contributed by atoms with Crippen LogP contribution >= 0.6 is 11.3 Å². The van der Waals surface area contributed by atoms with Gasteiger partial charge in [-0.15, -0.1) is 11.3 Å². The van der Waals surface area contributed by atoms with Crippen LogP contribution in [0.25, 0.3) is 0 Å². The normalized spacial score (nSPS) is 20.7. The number of nitrogens with one attached hydrogen (secondary N) is 1. The predicted molar refractivity (Wildman–Crippen MR) is 122 cm³/mol. The molecule has 0 radical (unpaired) electrons. The molecule has 4 heterocycles. The van der Waals surface area contributed by atoms with Gasteiger partial charge in [0.25, 0.3) is 0 Å². The lowest BCUT2D eigenvalue weighted by atomic mass is 9.93. The maximum Gasteiger partial charge on any atom is 0.248 e. The average Bonchev–Trinajstić information content (AvgIpc) is 3.37. The van der Waals surface area contributed by atoms with Gasteiger partial charge < -0.3 is 14.7 Å². The highest BCUT2D eigenvalue weighted by molar-refractivity contribution is 7.89. The molecule has 2 saturated heterocycles. The second-order valence-corrected chi connectivity index (χ2v) is 11.5. The topological polar surface area (TPSA) is 126 Å². The highest BCUT2D eigenvalue weighted by Crippen LogP contribution is 2.29. The van der Waals surface area contributed by atoms with E-state index in [-0.39, 0.29) is 34.9 Å². The summed E-state index contributed by atoms with van der Waals surface area (Å²) in [5.74, 6) is -0.401. The van der Waals surface area contributed by atoms with Crippen LogP contribution in [-0.2, 0) is 19.6 Å². The van der Waals surface area contributed by atoms with Gasteiger partial charge in [-0.25, -0.2) is 13.4 Å². The van der Waals surface area contributed by atoms with Crippen LogP contribution in [0.3, 0.4) is 0 Å². The van der Waals surface area contributed by atoms with E-state index in [1.54, 1.807) is 18.7 Å². The lowest BCUT2D eigenvalue weighted by Gasteiger charge is -2.37. The van der Waals surface area contributed by atoms with Gasteiger partial charge in [0.05, 0.1) is 11.6 Å². The number of likely N-dealkylation sites (tertiary alicyclic amines) is 1. The SMILES string of the molecule is Cc1csc(NC(=O)C2CCN(C(=O)C3CCCN(S(=O)(=O)c4c(C)noc4C)C3)CC2)n1. The van der Waals surface area contributed by atoms with Crippen molar-refractivity contribution in [1.82, 2.24) is 19.3 Å². The second-order valence-electron chi connectivity index (χ2n) is 8.74. The van der Waals surface area contributed by atoms with E-state index >= 15 is 0 Å². The summed E-state index contributed by atoms with van der Waals surface area (Å²) in [6, 6.07) is 0. The molecule has 1 N–H and O–H groups in total. The minimum atomic E-state index is -3.78. The molecule has 4 rings (SSSR count). The molecule has 1 unspecified atom stereocenters. The van der Waals surface area contributed by atoms with Gasteiger partial charge in [-0.3, -0.25) is 9.59 Å². The molecule has 180 valence electrons. The summed E-state index contributed by atoms with van der Waals surface area (Å²) in [7, 11) is -3.78. The van der Waals surface area contributed by atoms with E-state index in [0.717, 1.165) is 5.69 Å². The van der Waals surface area contributed by atoms with E-state index < -0.39 is 15.9 Å². The van der Waals surface area contributed by atoms with E-state index in [0.29, 0.717) is 56.1 Å². The van der Waals surface area contributed by atoms with Crippen molar-refractivity contribution in [3.63, 3.8) is 0 Å². The van der Waals surface area contributed by atoms with Crippen LogP contribution < -0.4 is 5.32 Å². The highest BCUT2D eigenvalue weighted by Gasteiger charge is 2.38. The first kappa shape index (κ1) is 23.8. The summed E-state index contributed by atoms with van der Waals surface area (Å²) < 4.78 is 32.7. The number of anilines is 1. The van der Waals surface area contributed by atoms with E-state index in [4.69, 9.17) is 4.52 Å². The molecule has 0 spiro atoms. The van der Waals surface area contributed by atoms with Crippen LogP contribution in [0.5, 0.6) is 0 Å². The molecular formula is C21H29N5O5S2. The summed E-state index contributed by atoms with van der Waals surface area (Å²) in [5, 5.41) is 9.11. The van der Waals surface area contributed by atoms with Gasteiger partial charge in [0.2, 0.25) is 21.8 Å². The molecule has 0 saturated carbocycles. The van der Waals surface area contributed by atoms with Gasteiger partial charge in [0.15, 0.2) is 10.9 Å². The van der Waals surface area contributed by atoms with Crippen LogP contribution in [0.2, 0.25) is 0 Å². The molecule has 33 heavy (non-hydrogen) atoms. The Morgan fingerprint density at radius 1 is 1.12 bits per heavy atom. The molecule has 1 atom stereocenters. The first-order chi connectivity index (χ1) is 15.7. The van der Waals surface area contributed by atoms with E-state index in [1.165, 1.54) is 15.6 Å². The van der Waals surface area contributed by atoms with Gasteiger partial charge >= 0.3 is 0 Å². The molecule has 0 aromatic carbocycles. The van der Waals surface area contributed by atoms with Gasteiger partial charge in [0.1, 0.15) is 10.6 Å². The summed E-state index contributed by atoms with van der Waals surface area (Å²) >= 11 is 1.40. The van der Waals surface area contributed by atoms with Gasteiger partial charge in [0, 0.05) is 37.5 Å². The van der Waals surface area contributed by atoms with Crippen LogP contribution in [0.15, 0.2) is 14.8 Å². The van der Waals surface area contributed by atoms with Crippen molar-refractivity contribution in [1.29, 1.82) is 0 Å². The Bertz CT molecular complexity index is 1110. The van der Waals surface area contributed by atoms with Crippen molar-refractivity contribution in [2.45, 2.75) is 51.3 Å². The number of aryl methyl sites for hydroxylation is 3. The molecule has 2 aromatic rings. The number of nitrogens with zero attached hydrogens (tertiary/aromatic N) is 4. The zero-order chi connectivity index (χ0) is 23.8. The Morgan fingerprint density at radius 2 is 1.85 bits per heavy atom. The van der Waals surface area contributed by atoms with Crippen LogP contribution in [-0.4, -0.2) is 65.8 Å². The third kappa shape index (κ3) is 4.97. The molecule has 0 bridgehead atoms.